The highest BCUT2D eigenvalue weighted by Crippen LogP contribution is 2.41. The Morgan fingerprint density at radius 1 is 1.05 bits per heavy atom. The van der Waals surface area contributed by atoms with Crippen LogP contribution in [0.2, 0.25) is 0 Å². The van der Waals surface area contributed by atoms with Crippen molar-refractivity contribution in [3.63, 3.8) is 0 Å². The van der Waals surface area contributed by atoms with Gasteiger partial charge >= 0.3 is 0 Å². The van der Waals surface area contributed by atoms with Crippen molar-refractivity contribution in [2.24, 2.45) is 0 Å². The van der Waals surface area contributed by atoms with Crippen molar-refractivity contribution in [2.45, 2.75) is 24.8 Å². The Bertz CT molecular complexity index is 692. The maximum absolute atomic E-state index is 12.4. The molecule has 2 aromatic rings. The number of amides is 1. The monoisotopic (exact) mass is 296 g/mol. The number of carbonyl (C=O) groups is 1. The quantitative estimate of drug-likeness (QED) is 0.694. The third-order valence-corrected chi connectivity index (χ3v) is 4.23. The second-order valence-electron chi connectivity index (χ2n) is 5.56. The standard InChI is InChI=1S/C17H16N2O3/c20-16(13-7-9-15(10-8-13)19(21)22)18-17(11-4-12-17)14-5-2-1-3-6-14/h1-3,5-10H,4,11-12H2,(H,18,20). The van der Waals surface area contributed by atoms with E-state index in [1.807, 2.05) is 30.3 Å². The van der Waals surface area contributed by atoms with Crippen LogP contribution in [0.25, 0.3) is 0 Å². The molecule has 0 radical (unpaired) electrons. The average molecular weight is 296 g/mol. The van der Waals surface area contributed by atoms with Gasteiger partial charge in [-0.2, -0.15) is 0 Å². The minimum absolute atomic E-state index is 0.0158. The van der Waals surface area contributed by atoms with Crippen LogP contribution in [0.4, 0.5) is 5.69 Å². The zero-order chi connectivity index (χ0) is 15.6. The number of rotatable bonds is 4. The molecule has 1 N–H and O–H groups in total. The van der Waals surface area contributed by atoms with E-state index in [0.29, 0.717) is 5.56 Å². The molecule has 0 bridgehead atoms. The molecule has 0 atom stereocenters. The van der Waals surface area contributed by atoms with E-state index in [-0.39, 0.29) is 17.1 Å². The second-order valence-corrected chi connectivity index (χ2v) is 5.56. The zero-order valence-corrected chi connectivity index (χ0v) is 12.0. The Morgan fingerprint density at radius 3 is 2.18 bits per heavy atom. The number of nitrogens with one attached hydrogen (secondary N) is 1. The summed E-state index contributed by atoms with van der Waals surface area (Å²) in [6, 6.07) is 15.6. The van der Waals surface area contributed by atoms with Gasteiger partial charge in [0.25, 0.3) is 11.6 Å². The highest BCUT2D eigenvalue weighted by Gasteiger charge is 2.40. The van der Waals surface area contributed by atoms with Crippen LogP contribution in [-0.2, 0) is 5.54 Å². The Kier molecular flexibility index (Phi) is 3.63. The minimum atomic E-state index is -0.473. The molecule has 5 nitrogen and oxygen atoms in total. The molecular weight excluding hydrogens is 280 g/mol. The van der Waals surface area contributed by atoms with Gasteiger partial charge in [0.2, 0.25) is 0 Å². The molecule has 3 rings (SSSR count). The van der Waals surface area contributed by atoms with E-state index in [9.17, 15) is 14.9 Å². The van der Waals surface area contributed by atoms with Gasteiger partial charge in [-0.25, -0.2) is 0 Å². The molecule has 1 aliphatic carbocycles. The topological polar surface area (TPSA) is 72.2 Å². The van der Waals surface area contributed by atoms with Crippen molar-refractivity contribution in [3.8, 4) is 0 Å². The fourth-order valence-corrected chi connectivity index (χ4v) is 2.80. The number of non-ortho nitro benzene ring substituents is 1. The summed E-state index contributed by atoms with van der Waals surface area (Å²) in [7, 11) is 0. The largest absolute Gasteiger partial charge is 0.343 e. The van der Waals surface area contributed by atoms with E-state index in [0.717, 1.165) is 24.8 Å². The fraction of sp³-hybridized carbons (Fsp3) is 0.235. The Balaban J connectivity index is 1.79. The van der Waals surface area contributed by atoms with Crippen LogP contribution in [0.3, 0.4) is 0 Å². The maximum Gasteiger partial charge on any atom is 0.269 e. The molecule has 0 spiro atoms. The van der Waals surface area contributed by atoms with E-state index < -0.39 is 4.92 Å². The minimum Gasteiger partial charge on any atom is -0.343 e. The lowest BCUT2D eigenvalue weighted by molar-refractivity contribution is -0.384. The maximum atomic E-state index is 12.4. The van der Waals surface area contributed by atoms with Crippen molar-refractivity contribution >= 4 is 11.6 Å². The molecule has 112 valence electrons. The number of nitrogens with zero attached hydrogens (tertiary/aromatic N) is 1. The van der Waals surface area contributed by atoms with E-state index >= 15 is 0 Å². The molecule has 0 saturated heterocycles. The van der Waals surface area contributed by atoms with Crippen molar-refractivity contribution in [3.05, 3.63) is 75.8 Å². The second kappa shape index (κ2) is 5.60. The van der Waals surface area contributed by atoms with Crippen LogP contribution in [0.1, 0.15) is 35.2 Å². The Hall–Kier alpha value is -2.69. The predicted molar refractivity (Wildman–Crippen MR) is 82.5 cm³/mol. The third kappa shape index (κ3) is 2.57. The van der Waals surface area contributed by atoms with Crippen molar-refractivity contribution in [1.82, 2.24) is 5.32 Å². The van der Waals surface area contributed by atoms with E-state index in [1.54, 1.807) is 0 Å². The van der Waals surface area contributed by atoms with Gasteiger partial charge in [-0.05, 0) is 37.0 Å². The van der Waals surface area contributed by atoms with Gasteiger partial charge in [-0.1, -0.05) is 30.3 Å². The number of hydrogen-bond donors (Lipinski definition) is 1. The van der Waals surface area contributed by atoms with Gasteiger partial charge in [0.15, 0.2) is 0 Å². The molecule has 0 aliphatic heterocycles. The van der Waals surface area contributed by atoms with Gasteiger partial charge in [0.05, 0.1) is 10.5 Å². The van der Waals surface area contributed by atoms with Crippen molar-refractivity contribution in [2.75, 3.05) is 0 Å². The molecule has 1 amide bonds. The van der Waals surface area contributed by atoms with Gasteiger partial charge < -0.3 is 5.32 Å². The molecule has 0 aromatic heterocycles. The van der Waals surface area contributed by atoms with Gasteiger partial charge in [0.1, 0.15) is 0 Å². The number of nitro groups is 1. The first-order valence-electron chi connectivity index (χ1n) is 7.23. The first-order chi connectivity index (χ1) is 10.6. The van der Waals surface area contributed by atoms with Crippen LogP contribution in [-0.4, -0.2) is 10.8 Å². The van der Waals surface area contributed by atoms with Crippen LogP contribution in [0.15, 0.2) is 54.6 Å². The van der Waals surface area contributed by atoms with E-state index in [2.05, 4.69) is 5.32 Å². The average Bonchev–Trinajstić information content (AvgIpc) is 2.51. The number of nitro benzene ring substituents is 1. The van der Waals surface area contributed by atoms with Crippen LogP contribution in [0.5, 0.6) is 0 Å². The van der Waals surface area contributed by atoms with Crippen LogP contribution < -0.4 is 5.32 Å². The zero-order valence-electron chi connectivity index (χ0n) is 12.0. The summed E-state index contributed by atoms with van der Waals surface area (Å²) in [6.45, 7) is 0. The lowest BCUT2D eigenvalue weighted by Crippen LogP contribution is -2.50. The Labute approximate surface area is 128 Å². The summed E-state index contributed by atoms with van der Waals surface area (Å²) < 4.78 is 0. The summed E-state index contributed by atoms with van der Waals surface area (Å²) in [4.78, 5) is 22.6. The number of benzene rings is 2. The van der Waals surface area contributed by atoms with Crippen LogP contribution >= 0.6 is 0 Å². The lowest BCUT2D eigenvalue weighted by Gasteiger charge is -2.43. The first kappa shape index (κ1) is 14.3. The number of hydrogen-bond acceptors (Lipinski definition) is 3. The molecule has 0 unspecified atom stereocenters. The fourth-order valence-electron chi connectivity index (χ4n) is 2.80. The normalized spacial score (nSPS) is 15.6. The summed E-state index contributed by atoms with van der Waals surface area (Å²) in [5, 5.41) is 13.8. The third-order valence-electron chi connectivity index (χ3n) is 4.23. The summed E-state index contributed by atoms with van der Waals surface area (Å²) in [5.74, 6) is -0.196. The Morgan fingerprint density at radius 2 is 1.68 bits per heavy atom. The summed E-state index contributed by atoms with van der Waals surface area (Å²) >= 11 is 0. The molecule has 1 fully saturated rings. The highest BCUT2D eigenvalue weighted by molar-refractivity contribution is 5.95. The first-order valence-corrected chi connectivity index (χ1v) is 7.23. The van der Waals surface area contributed by atoms with E-state index in [1.165, 1.54) is 24.3 Å². The molecule has 22 heavy (non-hydrogen) atoms. The van der Waals surface area contributed by atoms with Gasteiger partial charge in [0, 0.05) is 17.7 Å². The summed E-state index contributed by atoms with van der Waals surface area (Å²) in [6.07, 6.45) is 2.90. The molecular formula is C17H16N2O3. The molecule has 1 aliphatic rings. The molecule has 2 aromatic carbocycles. The smallest absolute Gasteiger partial charge is 0.269 e. The van der Waals surface area contributed by atoms with Gasteiger partial charge in [-0.3, -0.25) is 14.9 Å². The predicted octanol–water partition coefficient (Wildman–Crippen LogP) is 3.40. The van der Waals surface area contributed by atoms with Gasteiger partial charge in [-0.15, -0.1) is 0 Å². The van der Waals surface area contributed by atoms with Crippen molar-refractivity contribution in [1.29, 1.82) is 0 Å². The highest BCUT2D eigenvalue weighted by atomic mass is 16.6. The van der Waals surface area contributed by atoms with E-state index in [4.69, 9.17) is 0 Å². The lowest BCUT2D eigenvalue weighted by atomic mass is 9.71. The SMILES string of the molecule is O=C(NC1(c2ccccc2)CCC1)c1ccc([N+](=O)[O-])cc1. The molecule has 5 heteroatoms. The number of carbonyl (C=O) groups excluding carboxylic acids is 1. The van der Waals surface area contributed by atoms with Crippen molar-refractivity contribution < 1.29 is 9.72 Å². The summed E-state index contributed by atoms with van der Waals surface area (Å²) in [5.41, 5.74) is 1.22. The molecule has 0 heterocycles. The molecule has 1 saturated carbocycles. The van der Waals surface area contributed by atoms with Crippen LogP contribution in [0, 0.1) is 10.1 Å².